The summed E-state index contributed by atoms with van der Waals surface area (Å²) in [5, 5.41) is 9.48. The Morgan fingerprint density at radius 1 is 1.00 bits per heavy atom. The smallest absolute Gasteiger partial charge is 0.338 e. The van der Waals surface area contributed by atoms with Crippen LogP contribution in [0.5, 0.6) is 0 Å². The summed E-state index contributed by atoms with van der Waals surface area (Å²) in [6.07, 6.45) is 0. The second kappa shape index (κ2) is 5.78. The summed E-state index contributed by atoms with van der Waals surface area (Å²) in [7, 11) is 0. The van der Waals surface area contributed by atoms with Crippen LogP contribution in [0.4, 0.5) is 4.39 Å². The molecule has 0 aromatic heterocycles. The highest BCUT2D eigenvalue weighted by Crippen LogP contribution is 2.43. The van der Waals surface area contributed by atoms with E-state index in [4.69, 9.17) is 51.5 Å². The monoisotopic (exact) mass is 352 g/mol. The molecule has 0 amide bonds. The Morgan fingerprint density at radius 2 is 1.55 bits per heavy atom. The largest absolute Gasteiger partial charge is 0.478 e. The van der Waals surface area contributed by atoms with Gasteiger partial charge < -0.3 is 5.11 Å². The van der Waals surface area contributed by atoms with Gasteiger partial charge in [0, 0.05) is 5.56 Å². The molecule has 2 rings (SSSR count). The van der Waals surface area contributed by atoms with Crippen molar-refractivity contribution in [3.63, 3.8) is 0 Å². The minimum Gasteiger partial charge on any atom is -0.478 e. The fraction of sp³-hybridized carbons (Fsp3) is 0. The number of hydrogen-bond donors (Lipinski definition) is 1. The zero-order valence-corrected chi connectivity index (χ0v) is 12.6. The fourth-order valence-electron chi connectivity index (χ4n) is 1.67. The van der Waals surface area contributed by atoms with Crippen molar-refractivity contribution >= 4 is 52.4 Å². The van der Waals surface area contributed by atoms with Crippen LogP contribution in [0.3, 0.4) is 0 Å². The molecule has 2 aromatic carbocycles. The average Bonchev–Trinajstić information content (AvgIpc) is 2.38. The van der Waals surface area contributed by atoms with Crippen molar-refractivity contribution in [1.29, 1.82) is 0 Å². The van der Waals surface area contributed by atoms with E-state index < -0.39 is 17.3 Å². The summed E-state index contributed by atoms with van der Waals surface area (Å²) in [6.45, 7) is 0. The van der Waals surface area contributed by atoms with Gasteiger partial charge in [0.1, 0.15) is 5.82 Å². The molecule has 2 aromatic rings. The van der Waals surface area contributed by atoms with Gasteiger partial charge >= 0.3 is 5.97 Å². The molecule has 0 fully saturated rings. The molecule has 0 saturated carbocycles. The normalized spacial score (nSPS) is 10.7. The maximum Gasteiger partial charge on any atom is 0.338 e. The number of halogens is 5. The molecule has 0 aliphatic rings. The Kier molecular flexibility index (Phi) is 4.45. The second-order valence-electron chi connectivity index (χ2n) is 3.84. The minimum absolute atomic E-state index is 0.115. The third-order valence-corrected chi connectivity index (χ3v) is 4.17. The predicted octanol–water partition coefficient (Wildman–Crippen LogP) is 5.80. The van der Waals surface area contributed by atoms with Gasteiger partial charge in [-0.15, -0.1) is 0 Å². The van der Waals surface area contributed by atoms with Gasteiger partial charge in [0.15, 0.2) is 0 Å². The van der Waals surface area contributed by atoms with E-state index in [9.17, 15) is 9.18 Å². The maximum absolute atomic E-state index is 13.4. The van der Waals surface area contributed by atoms with Crippen LogP contribution in [-0.2, 0) is 0 Å². The third-order valence-electron chi connectivity index (χ3n) is 2.60. The minimum atomic E-state index is -1.40. The lowest BCUT2D eigenvalue weighted by Crippen LogP contribution is -2.00. The Labute approximate surface area is 133 Å². The van der Waals surface area contributed by atoms with Crippen molar-refractivity contribution < 1.29 is 14.3 Å². The molecule has 104 valence electrons. The van der Waals surface area contributed by atoms with Crippen molar-refractivity contribution in [2.45, 2.75) is 0 Å². The van der Waals surface area contributed by atoms with Crippen LogP contribution in [0.15, 0.2) is 24.3 Å². The first-order valence-corrected chi connectivity index (χ1v) is 6.70. The number of rotatable bonds is 2. The highest BCUT2D eigenvalue weighted by molar-refractivity contribution is 6.50. The first kappa shape index (κ1) is 15.4. The number of benzene rings is 2. The van der Waals surface area contributed by atoms with Crippen LogP contribution in [0, 0.1) is 5.82 Å². The topological polar surface area (TPSA) is 37.3 Å². The Balaban J connectivity index is 2.75. The Bertz CT molecular complexity index is 690. The predicted molar refractivity (Wildman–Crippen MR) is 78.8 cm³/mol. The van der Waals surface area contributed by atoms with Crippen LogP contribution in [0.2, 0.25) is 20.1 Å². The fourth-order valence-corrected chi connectivity index (χ4v) is 2.70. The maximum atomic E-state index is 13.4. The number of hydrogen-bond acceptors (Lipinski definition) is 1. The van der Waals surface area contributed by atoms with Gasteiger partial charge in [0.2, 0.25) is 0 Å². The Hall–Kier alpha value is -1.00. The van der Waals surface area contributed by atoms with Crippen molar-refractivity contribution in [3.05, 3.63) is 55.7 Å². The van der Waals surface area contributed by atoms with Crippen molar-refractivity contribution in [2.24, 2.45) is 0 Å². The van der Waals surface area contributed by atoms with Crippen molar-refractivity contribution in [2.75, 3.05) is 0 Å². The van der Waals surface area contributed by atoms with E-state index >= 15 is 0 Å². The zero-order valence-electron chi connectivity index (χ0n) is 9.55. The quantitative estimate of drug-likeness (QED) is 0.692. The number of carboxylic acids is 1. The lowest BCUT2D eigenvalue weighted by atomic mass is 10.0. The first-order chi connectivity index (χ1) is 9.32. The summed E-state index contributed by atoms with van der Waals surface area (Å²) in [5.74, 6) is -2.26. The number of carboxylic acid groups (broad SMARTS) is 1. The van der Waals surface area contributed by atoms with E-state index in [-0.39, 0.29) is 25.7 Å². The standard InChI is InChI=1S/C13H5Cl4FO2/c14-7-4-8(15)12(17)10(11(7)16)5-1-2-9(18)6(3-5)13(19)20/h1-4H,(H,19,20). The number of carbonyl (C=O) groups is 1. The van der Waals surface area contributed by atoms with Crippen LogP contribution in [0.1, 0.15) is 10.4 Å². The molecule has 7 heteroatoms. The molecule has 0 saturated heterocycles. The average molecular weight is 354 g/mol. The highest BCUT2D eigenvalue weighted by Gasteiger charge is 2.18. The van der Waals surface area contributed by atoms with Crippen LogP contribution in [-0.4, -0.2) is 11.1 Å². The van der Waals surface area contributed by atoms with Gasteiger partial charge in [-0.05, 0) is 23.8 Å². The first-order valence-electron chi connectivity index (χ1n) is 5.19. The molecule has 0 aliphatic carbocycles. The molecule has 20 heavy (non-hydrogen) atoms. The van der Waals surface area contributed by atoms with E-state index in [2.05, 4.69) is 0 Å². The molecule has 0 bridgehead atoms. The van der Waals surface area contributed by atoms with E-state index in [1.165, 1.54) is 12.1 Å². The van der Waals surface area contributed by atoms with Crippen LogP contribution >= 0.6 is 46.4 Å². The van der Waals surface area contributed by atoms with Crippen molar-refractivity contribution in [3.8, 4) is 11.1 Å². The summed E-state index contributed by atoms with van der Waals surface area (Å²) < 4.78 is 13.4. The summed E-state index contributed by atoms with van der Waals surface area (Å²) in [6, 6.07) is 4.86. The number of aromatic carboxylic acids is 1. The van der Waals surface area contributed by atoms with Gasteiger partial charge in [-0.25, -0.2) is 9.18 Å². The molecule has 0 spiro atoms. The van der Waals surface area contributed by atoms with Crippen LogP contribution in [0.25, 0.3) is 11.1 Å². The molecular formula is C13H5Cl4FO2. The van der Waals surface area contributed by atoms with E-state index in [1.54, 1.807) is 0 Å². The van der Waals surface area contributed by atoms with Gasteiger partial charge in [-0.3, -0.25) is 0 Å². The van der Waals surface area contributed by atoms with E-state index in [0.717, 1.165) is 12.1 Å². The molecule has 2 nitrogen and oxygen atoms in total. The summed E-state index contributed by atoms with van der Waals surface area (Å²) in [4.78, 5) is 11.0. The SMILES string of the molecule is O=C(O)c1cc(-c2c(Cl)c(Cl)cc(Cl)c2Cl)ccc1F. The zero-order chi connectivity index (χ0) is 15.0. The van der Waals surface area contributed by atoms with Gasteiger partial charge in [0.05, 0.1) is 25.7 Å². The Morgan fingerprint density at radius 3 is 2.05 bits per heavy atom. The molecule has 0 heterocycles. The third kappa shape index (κ3) is 2.72. The molecule has 0 radical (unpaired) electrons. The van der Waals surface area contributed by atoms with Crippen molar-refractivity contribution in [1.82, 2.24) is 0 Å². The summed E-state index contributed by atoms with van der Waals surface area (Å²) in [5.41, 5.74) is 0.0715. The van der Waals surface area contributed by atoms with E-state index in [0.29, 0.717) is 5.56 Å². The molecular weight excluding hydrogens is 349 g/mol. The van der Waals surface area contributed by atoms with Crippen LogP contribution < -0.4 is 0 Å². The molecule has 0 atom stereocenters. The lowest BCUT2D eigenvalue weighted by Gasteiger charge is -2.11. The highest BCUT2D eigenvalue weighted by atomic mass is 35.5. The van der Waals surface area contributed by atoms with Gasteiger partial charge in [0.25, 0.3) is 0 Å². The lowest BCUT2D eigenvalue weighted by molar-refractivity contribution is 0.0692. The van der Waals surface area contributed by atoms with Gasteiger partial charge in [-0.1, -0.05) is 52.5 Å². The summed E-state index contributed by atoms with van der Waals surface area (Å²) >= 11 is 23.9. The van der Waals surface area contributed by atoms with E-state index in [1.807, 2.05) is 0 Å². The molecule has 0 aliphatic heterocycles. The molecule has 1 N–H and O–H groups in total. The molecule has 0 unspecified atom stereocenters. The van der Waals surface area contributed by atoms with Gasteiger partial charge in [-0.2, -0.15) is 0 Å². The second-order valence-corrected chi connectivity index (χ2v) is 5.41.